The second-order valence-electron chi connectivity index (χ2n) is 5.88. The summed E-state index contributed by atoms with van der Waals surface area (Å²) in [6, 6.07) is 14.2. The number of benzene rings is 2. The van der Waals surface area contributed by atoms with E-state index in [4.69, 9.17) is 9.26 Å². The third-order valence-corrected chi connectivity index (χ3v) is 4.27. The van der Waals surface area contributed by atoms with Gasteiger partial charge in [0.05, 0.1) is 31.0 Å². The summed E-state index contributed by atoms with van der Waals surface area (Å²) in [6.45, 7) is -0.0555. The van der Waals surface area contributed by atoms with Crippen LogP contribution in [0.3, 0.4) is 0 Å². The van der Waals surface area contributed by atoms with E-state index in [2.05, 4.69) is 10.1 Å². The molecule has 0 unspecified atom stereocenters. The number of H-pyrrole nitrogens is 1. The molecule has 2 aromatic heterocycles. The second-order valence-corrected chi connectivity index (χ2v) is 5.88. The predicted molar refractivity (Wildman–Crippen MR) is 98.0 cm³/mol. The van der Waals surface area contributed by atoms with Crippen LogP contribution in [-0.4, -0.2) is 22.4 Å². The van der Waals surface area contributed by atoms with Gasteiger partial charge in [0.25, 0.3) is 0 Å². The molecule has 4 aromatic rings. The molecule has 0 fully saturated rings. The van der Waals surface area contributed by atoms with Crippen LogP contribution in [0.4, 0.5) is 0 Å². The maximum absolute atomic E-state index is 12.7. The van der Waals surface area contributed by atoms with E-state index < -0.39 is 0 Å². The van der Waals surface area contributed by atoms with Gasteiger partial charge in [-0.2, -0.15) is 0 Å². The molecule has 4 rings (SSSR count). The van der Waals surface area contributed by atoms with Crippen LogP contribution >= 0.6 is 0 Å². The SMILES string of the molecule is COc1cc2[nH]c(-c3cccc(CO)c3)cc(=O)c2cc1-c1ccno1. The molecule has 26 heavy (non-hydrogen) atoms. The molecule has 0 radical (unpaired) electrons. The molecule has 0 atom stereocenters. The van der Waals surface area contributed by atoms with E-state index in [-0.39, 0.29) is 12.0 Å². The van der Waals surface area contributed by atoms with E-state index in [1.165, 1.54) is 0 Å². The van der Waals surface area contributed by atoms with E-state index in [0.717, 1.165) is 11.1 Å². The van der Waals surface area contributed by atoms with E-state index >= 15 is 0 Å². The van der Waals surface area contributed by atoms with Gasteiger partial charge in [0.15, 0.2) is 11.2 Å². The molecule has 6 heteroatoms. The Balaban J connectivity index is 1.92. The summed E-state index contributed by atoms with van der Waals surface area (Å²) < 4.78 is 10.7. The molecule has 0 aliphatic rings. The number of pyridine rings is 1. The van der Waals surface area contributed by atoms with Gasteiger partial charge in [-0.1, -0.05) is 23.4 Å². The zero-order valence-corrected chi connectivity index (χ0v) is 14.0. The number of hydrogen-bond acceptors (Lipinski definition) is 5. The molecule has 130 valence electrons. The van der Waals surface area contributed by atoms with Crippen LogP contribution in [0.1, 0.15) is 5.56 Å². The standard InChI is InChI=1S/C20H16N2O4/c1-25-20-10-17-14(8-15(20)19-5-6-21-26-19)18(24)9-16(22-17)13-4-2-3-12(7-13)11-23/h2-10,23H,11H2,1H3,(H,22,24). The van der Waals surface area contributed by atoms with E-state index in [1.807, 2.05) is 24.3 Å². The van der Waals surface area contributed by atoms with E-state index in [1.54, 1.807) is 37.6 Å². The van der Waals surface area contributed by atoms with E-state index in [9.17, 15) is 9.90 Å². The topological polar surface area (TPSA) is 88.4 Å². The Morgan fingerprint density at radius 1 is 1.19 bits per heavy atom. The largest absolute Gasteiger partial charge is 0.496 e. The lowest BCUT2D eigenvalue weighted by atomic mass is 10.0. The minimum absolute atomic E-state index is 0.0555. The third kappa shape index (κ3) is 2.76. The molecule has 2 aromatic carbocycles. The Bertz CT molecular complexity index is 1130. The molecule has 0 aliphatic heterocycles. The summed E-state index contributed by atoms with van der Waals surface area (Å²) in [4.78, 5) is 16.0. The summed E-state index contributed by atoms with van der Waals surface area (Å²) in [5.74, 6) is 1.11. The van der Waals surface area contributed by atoms with Gasteiger partial charge >= 0.3 is 0 Å². The number of rotatable bonds is 4. The van der Waals surface area contributed by atoms with Crippen LogP contribution in [0.15, 0.2) is 64.0 Å². The Hall–Kier alpha value is -3.38. The van der Waals surface area contributed by atoms with Crippen molar-refractivity contribution in [2.45, 2.75) is 6.61 Å². The van der Waals surface area contributed by atoms with E-state index in [0.29, 0.717) is 33.7 Å². The van der Waals surface area contributed by atoms with Crippen molar-refractivity contribution >= 4 is 10.9 Å². The first-order valence-corrected chi connectivity index (χ1v) is 8.06. The van der Waals surface area contributed by atoms with Gasteiger partial charge in [0.2, 0.25) is 0 Å². The van der Waals surface area contributed by atoms with Crippen molar-refractivity contribution in [3.8, 4) is 28.3 Å². The Morgan fingerprint density at radius 2 is 2.08 bits per heavy atom. The summed E-state index contributed by atoms with van der Waals surface area (Å²) in [5.41, 5.74) is 3.48. The Kier molecular flexibility index (Phi) is 4.02. The van der Waals surface area contributed by atoms with Crippen molar-refractivity contribution in [2.24, 2.45) is 0 Å². The smallest absolute Gasteiger partial charge is 0.190 e. The summed E-state index contributed by atoms with van der Waals surface area (Å²) >= 11 is 0. The first-order valence-electron chi connectivity index (χ1n) is 8.06. The number of fused-ring (bicyclic) bond motifs is 1. The van der Waals surface area contributed by atoms with Crippen LogP contribution in [-0.2, 0) is 6.61 Å². The number of nitrogens with one attached hydrogen (secondary N) is 1. The lowest BCUT2D eigenvalue weighted by molar-refractivity contribution is 0.282. The molecule has 0 saturated heterocycles. The van der Waals surface area contributed by atoms with Gasteiger partial charge in [0, 0.05) is 29.3 Å². The monoisotopic (exact) mass is 348 g/mol. The van der Waals surface area contributed by atoms with Gasteiger partial charge in [-0.05, 0) is 23.3 Å². The van der Waals surface area contributed by atoms with Crippen molar-refractivity contribution < 1.29 is 14.4 Å². The quantitative estimate of drug-likeness (QED) is 0.590. The number of aliphatic hydroxyl groups is 1. The minimum Gasteiger partial charge on any atom is -0.496 e. The molecule has 0 amide bonds. The molecule has 0 bridgehead atoms. The fourth-order valence-electron chi connectivity index (χ4n) is 2.99. The average Bonchev–Trinajstić information content (AvgIpc) is 3.21. The predicted octanol–water partition coefficient (Wildman–Crippen LogP) is 3.35. The number of ether oxygens (including phenoxy) is 1. The van der Waals surface area contributed by atoms with Crippen LogP contribution in [0.25, 0.3) is 33.5 Å². The maximum atomic E-state index is 12.7. The Labute approximate surface area is 148 Å². The van der Waals surface area contributed by atoms with Crippen molar-refractivity contribution in [1.29, 1.82) is 0 Å². The Morgan fingerprint density at radius 3 is 2.81 bits per heavy atom. The molecule has 0 saturated carbocycles. The minimum atomic E-state index is -0.119. The number of aliphatic hydroxyl groups excluding tert-OH is 1. The number of hydrogen-bond donors (Lipinski definition) is 2. The molecular formula is C20H16N2O4. The lowest BCUT2D eigenvalue weighted by Crippen LogP contribution is -2.04. The number of aromatic nitrogens is 2. The summed E-state index contributed by atoms with van der Waals surface area (Å²) in [6.07, 6.45) is 1.54. The van der Waals surface area contributed by atoms with Crippen molar-refractivity contribution in [2.75, 3.05) is 7.11 Å². The molecule has 2 heterocycles. The second kappa shape index (κ2) is 6.50. The first kappa shape index (κ1) is 16.1. The van der Waals surface area contributed by atoms with Crippen LogP contribution < -0.4 is 10.2 Å². The molecular weight excluding hydrogens is 332 g/mol. The van der Waals surface area contributed by atoms with Gasteiger partial charge in [-0.3, -0.25) is 4.79 Å². The highest BCUT2D eigenvalue weighted by atomic mass is 16.5. The number of methoxy groups -OCH3 is 1. The number of nitrogens with zero attached hydrogens (tertiary/aromatic N) is 1. The highest BCUT2D eigenvalue weighted by Gasteiger charge is 2.14. The van der Waals surface area contributed by atoms with Crippen LogP contribution in [0, 0.1) is 0 Å². The number of aromatic amines is 1. The fraction of sp³-hybridized carbons (Fsp3) is 0.100. The zero-order valence-electron chi connectivity index (χ0n) is 14.0. The highest BCUT2D eigenvalue weighted by molar-refractivity contribution is 5.88. The van der Waals surface area contributed by atoms with Crippen molar-refractivity contribution in [3.63, 3.8) is 0 Å². The average molecular weight is 348 g/mol. The normalized spacial score (nSPS) is 11.0. The fourth-order valence-corrected chi connectivity index (χ4v) is 2.99. The van der Waals surface area contributed by atoms with Gasteiger partial charge in [-0.15, -0.1) is 0 Å². The van der Waals surface area contributed by atoms with Crippen molar-refractivity contribution in [1.82, 2.24) is 10.1 Å². The zero-order chi connectivity index (χ0) is 18.1. The van der Waals surface area contributed by atoms with Crippen molar-refractivity contribution in [3.05, 3.63) is 70.5 Å². The van der Waals surface area contributed by atoms with Gasteiger partial charge in [0.1, 0.15) is 5.75 Å². The molecule has 0 aliphatic carbocycles. The highest BCUT2D eigenvalue weighted by Crippen LogP contribution is 2.33. The molecule has 0 spiro atoms. The third-order valence-electron chi connectivity index (χ3n) is 4.27. The summed E-state index contributed by atoms with van der Waals surface area (Å²) in [7, 11) is 1.56. The first-order chi connectivity index (χ1) is 12.7. The maximum Gasteiger partial charge on any atom is 0.190 e. The van der Waals surface area contributed by atoms with Gasteiger partial charge in [-0.25, -0.2) is 0 Å². The van der Waals surface area contributed by atoms with Crippen LogP contribution in [0.2, 0.25) is 0 Å². The molecule has 6 nitrogen and oxygen atoms in total. The lowest BCUT2D eigenvalue weighted by Gasteiger charge is -2.10. The van der Waals surface area contributed by atoms with Gasteiger partial charge < -0.3 is 19.4 Å². The van der Waals surface area contributed by atoms with Crippen LogP contribution in [0.5, 0.6) is 5.75 Å². The molecule has 2 N–H and O–H groups in total. The summed E-state index contributed by atoms with van der Waals surface area (Å²) in [5, 5.41) is 13.6.